The minimum atomic E-state index is 0.173. The molecule has 2 fully saturated rings. The number of amides is 1. The fourth-order valence-electron chi connectivity index (χ4n) is 4.57. The number of nitrogens with zero attached hydrogens (tertiary/aromatic N) is 2. The molecular weight excluding hydrogens is 348 g/mol. The molecule has 4 rings (SSSR count). The number of hydrogen-bond donors (Lipinski definition) is 2. The first kappa shape index (κ1) is 18.9. The highest BCUT2D eigenvalue weighted by molar-refractivity contribution is 5.97. The first-order valence-electron chi connectivity index (χ1n) is 10.4. The lowest BCUT2D eigenvalue weighted by Gasteiger charge is -2.44. The molecule has 0 bridgehead atoms. The molecule has 0 saturated carbocycles. The summed E-state index contributed by atoms with van der Waals surface area (Å²) in [5.74, 6) is 0.173. The van der Waals surface area contributed by atoms with Crippen LogP contribution in [0.1, 0.15) is 47.2 Å². The highest BCUT2D eigenvalue weighted by atomic mass is 16.2. The molecule has 0 atom stereocenters. The van der Waals surface area contributed by atoms with E-state index in [4.69, 9.17) is 0 Å². The van der Waals surface area contributed by atoms with Crippen molar-refractivity contribution in [3.8, 4) is 0 Å². The second kappa shape index (κ2) is 8.31. The number of piperidine rings is 2. The molecule has 0 radical (unpaired) electrons. The molecule has 5 nitrogen and oxygen atoms in total. The topological polar surface area (TPSA) is 57.3 Å². The van der Waals surface area contributed by atoms with Crippen LogP contribution in [0.25, 0.3) is 0 Å². The van der Waals surface area contributed by atoms with Gasteiger partial charge in [0.1, 0.15) is 0 Å². The smallest absolute Gasteiger partial charge is 0.254 e. The summed E-state index contributed by atoms with van der Waals surface area (Å²) in [4.78, 5) is 19.4. The number of benzene rings is 1. The summed E-state index contributed by atoms with van der Waals surface area (Å²) in [6, 6.07) is 9.97. The highest BCUT2D eigenvalue weighted by Gasteiger charge is 2.37. The van der Waals surface area contributed by atoms with Gasteiger partial charge in [-0.3, -0.25) is 9.78 Å². The Labute approximate surface area is 167 Å². The molecule has 2 saturated heterocycles. The Morgan fingerprint density at radius 3 is 2.64 bits per heavy atom. The molecule has 2 aliphatic heterocycles. The van der Waals surface area contributed by atoms with Crippen LogP contribution >= 0.6 is 0 Å². The molecule has 2 aromatic rings. The van der Waals surface area contributed by atoms with Gasteiger partial charge in [-0.25, -0.2) is 0 Å². The van der Waals surface area contributed by atoms with Crippen molar-refractivity contribution in [1.82, 2.24) is 15.2 Å². The van der Waals surface area contributed by atoms with Crippen LogP contribution < -0.4 is 10.6 Å². The third-order valence-corrected chi connectivity index (χ3v) is 6.55. The normalized spacial score (nSPS) is 18.8. The molecule has 0 unspecified atom stereocenters. The van der Waals surface area contributed by atoms with Gasteiger partial charge in [-0.05, 0) is 80.4 Å². The zero-order valence-corrected chi connectivity index (χ0v) is 16.7. The van der Waals surface area contributed by atoms with E-state index in [1.165, 1.54) is 12.8 Å². The maximum Gasteiger partial charge on any atom is 0.254 e. The van der Waals surface area contributed by atoms with Gasteiger partial charge in [-0.1, -0.05) is 12.1 Å². The van der Waals surface area contributed by atoms with E-state index in [1.807, 2.05) is 37.4 Å². The fourth-order valence-corrected chi connectivity index (χ4v) is 4.57. The van der Waals surface area contributed by atoms with Gasteiger partial charge in [0.25, 0.3) is 5.91 Å². The Balaban J connectivity index is 1.42. The average Bonchev–Trinajstić information content (AvgIpc) is 2.74. The Bertz CT molecular complexity index is 805. The number of likely N-dealkylation sites (tertiary alicyclic amines) is 1. The van der Waals surface area contributed by atoms with Crippen molar-refractivity contribution in [2.75, 3.05) is 31.5 Å². The number of hydrogen-bond acceptors (Lipinski definition) is 4. The van der Waals surface area contributed by atoms with Crippen molar-refractivity contribution in [2.45, 2.75) is 39.2 Å². The molecule has 5 heteroatoms. The molecule has 1 aromatic carbocycles. The zero-order valence-electron chi connectivity index (χ0n) is 16.7. The monoisotopic (exact) mass is 378 g/mol. The van der Waals surface area contributed by atoms with Crippen LogP contribution in [-0.2, 0) is 6.54 Å². The van der Waals surface area contributed by atoms with E-state index in [-0.39, 0.29) is 5.91 Å². The Morgan fingerprint density at radius 2 is 1.93 bits per heavy atom. The van der Waals surface area contributed by atoms with Crippen molar-refractivity contribution in [2.24, 2.45) is 5.41 Å². The van der Waals surface area contributed by atoms with Crippen molar-refractivity contribution >= 4 is 11.6 Å². The number of aromatic nitrogens is 1. The predicted octanol–water partition coefficient (Wildman–Crippen LogP) is 3.61. The van der Waals surface area contributed by atoms with Crippen molar-refractivity contribution < 1.29 is 4.79 Å². The zero-order chi connectivity index (χ0) is 19.4. The Morgan fingerprint density at radius 1 is 1.14 bits per heavy atom. The van der Waals surface area contributed by atoms with E-state index in [0.29, 0.717) is 12.0 Å². The van der Waals surface area contributed by atoms with Crippen molar-refractivity contribution in [3.05, 3.63) is 59.4 Å². The minimum absolute atomic E-state index is 0.173. The number of rotatable bonds is 4. The van der Waals surface area contributed by atoms with Crippen LogP contribution in [-0.4, -0.2) is 42.0 Å². The Kier molecular flexibility index (Phi) is 5.62. The molecule has 0 aliphatic carbocycles. The standard InChI is InChI=1S/C23H30N4O/c1-18-20(5-2-6-21(18)26-17-19-4-3-11-25-16-19)22(28)27-14-9-23(10-15-27)7-12-24-13-8-23/h2-6,11,16,24,26H,7-10,12-15,17H2,1H3. The first-order chi connectivity index (χ1) is 13.7. The Hall–Kier alpha value is -2.40. The lowest BCUT2D eigenvalue weighted by atomic mass is 9.71. The summed E-state index contributed by atoms with van der Waals surface area (Å²) >= 11 is 0. The summed E-state index contributed by atoms with van der Waals surface area (Å²) in [6.45, 7) is 6.75. The second-order valence-electron chi connectivity index (χ2n) is 8.24. The maximum atomic E-state index is 13.2. The summed E-state index contributed by atoms with van der Waals surface area (Å²) < 4.78 is 0. The lowest BCUT2D eigenvalue weighted by molar-refractivity contribution is 0.0495. The van der Waals surface area contributed by atoms with E-state index >= 15 is 0 Å². The van der Waals surface area contributed by atoms with Gasteiger partial charge in [0.05, 0.1) is 0 Å². The molecule has 28 heavy (non-hydrogen) atoms. The van der Waals surface area contributed by atoms with Gasteiger partial charge in [-0.2, -0.15) is 0 Å². The second-order valence-corrected chi connectivity index (χ2v) is 8.24. The third kappa shape index (κ3) is 4.04. The number of carbonyl (C=O) groups excluding carboxylic acids is 1. The quantitative estimate of drug-likeness (QED) is 0.853. The lowest BCUT2D eigenvalue weighted by Crippen LogP contribution is -2.47. The van der Waals surface area contributed by atoms with E-state index in [0.717, 1.165) is 61.4 Å². The number of pyridine rings is 1. The molecular formula is C23H30N4O. The molecule has 1 amide bonds. The molecule has 3 heterocycles. The summed E-state index contributed by atoms with van der Waals surface area (Å²) in [5.41, 5.74) is 4.45. The third-order valence-electron chi connectivity index (χ3n) is 6.55. The SMILES string of the molecule is Cc1c(NCc2cccnc2)cccc1C(=O)N1CCC2(CCNCC2)CC1. The van der Waals surface area contributed by atoms with Gasteiger partial charge in [0.2, 0.25) is 0 Å². The summed E-state index contributed by atoms with van der Waals surface area (Å²) in [6.07, 6.45) is 8.42. The van der Waals surface area contributed by atoms with Crippen LogP contribution in [0.4, 0.5) is 5.69 Å². The van der Waals surface area contributed by atoms with E-state index in [1.54, 1.807) is 6.20 Å². The largest absolute Gasteiger partial charge is 0.381 e. The van der Waals surface area contributed by atoms with E-state index in [9.17, 15) is 4.79 Å². The number of nitrogens with one attached hydrogen (secondary N) is 2. The van der Waals surface area contributed by atoms with Crippen LogP contribution in [0, 0.1) is 12.3 Å². The van der Waals surface area contributed by atoms with Gasteiger partial charge >= 0.3 is 0 Å². The number of anilines is 1. The van der Waals surface area contributed by atoms with Crippen molar-refractivity contribution in [3.63, 3.8) is 0 Å². The van der Waals surface area contributed by atoms with Gasteiger partial charge in [0.15, 0.2) is 0 Å². The molecule has 2 aliphatic rings. The van der Waals surface area contributed by atoms with Gasteiger partial charge in [-0.15, -0.1) is 0 Å². The van der Waals surface area contributed by atoms with E-state index in [2.05, 4.69) is 26.6 Å². The van der Waals surface area contributed by atoms with Crippen LogP contribution in [0.15, 0.2) is 42.7 Å². The summed E-state index contributed by atoms with van der Waals surface area (Å²) in [5, 5.41) is 6.92. The minimum Gasteiger partial charge on any atom is -0.381 e. The van der Waals surface area contributed by atoms with Gasteiger partial charge < -0.3 is 15.5 Å². The average molecular weight is 379 g/mol. The van der Waals surface area contributed by atoms with Crippen LogP contribution in [0.2, 0.25) is 0 Å². The maximum absolute atomic E-state index is 13.2. The molecule has 1 aromatic heterocycles. The van der Waals surface area contributed by atoms with Crippen LogP contribution in [0.3, 0.4) is 0 Å². The molecule has 2 N–H and O–H groups in total. The first-order valence-corrected chi connectivity index (χ1v) is 10.4. The van der Waals surface area contributed by atoms with Crippen LogP contribution in [0.5, 0.6) is 0 Å². The molecule has 148 valence electrons. The predicted molar refractivity (Wildman–Crippen MR) is 112 cm³/mol. The van der Waals surface area contributed by atoms with Crippen molar-refractivity contribution in [1.29, 1.82) is 0 Å². The number of carbonyl (C=O) groups is 1. The van der Waals surface area contributed by atoms with E-state index < -0.39 is 0 Å². The van der Waals surface area contributed by atoms with Gasteiger partial charge in [0, 0.05) is 43.3 Å². The molecule has 1 spiro atoms. The highest BCUT2D eigenvalue weighted by Crippen LogP contribution is 2.39. The fraction of sp³-hybridized carbons (Fsp3) is 0.478. The summed E-state index contributed by atoms with van der Waals surface area (Å²) in [7, 11) is 0.